The molecule has 1 atom stereocenters. The van der Waals surface area contributed by atoms with Crippen molar-refractivity contribution >= 4 is 5.71 Å². The molecule has 0 aliphatic rings. The van der Waals surface area contributed by atoms with Crippen LogP contribution in [0.15, 0.2) is 83.2 Å². The Morgan fingerprint density at radius 1 is 1.12 bits per heavy atom. The van der Waals surface area contributed by atoms with E-state index in [0.717, 1.165) is 33.6 Å². The molecule has 1 unspecified atom stereocenters. The van der Waals surface area contributed by atoms with Crippen LogP contribution in [0.3, 0.4) is 0 Å². The number of rotatable bonds is 6. The Bertz CT molecular complexity index is 1370. The quantitative estimate of drug-likeness (QED) is 0.273. The molecule has 4 rings (SSSR count). The van der Waals surface area contributed by atoms with Gasteiger partial charge in [0.15, 0.2) is 0 Å². The zero-order valence-electron chi connectivity index (χ0n) is 18.9. The van der Waals surface area contributed by atoms with E-state index in [1.54, 1.807) is 24.7 Å². The Kier molecular flexibility index (Phi) is 6.24. The number of hydrogen-bond acceptors (Lipinski definition) is 5. The number of aliphatic hydroxyl groups excluding tert-OH is 1. The standard InChI is InChI=1S/C26H27N5O2/c1-17-6-8-20(9-7-17)24(15-32)31-12-4-5-22(26(31)33)25(29-27)21-10-11-23(18(2)13-21)30-14-19(3)28-16-30/h4-14,16,24,32H,15,27H2,1-3H3/b29-25+. The van der Waals surface area contributed by atoms with E-state index in [-0.39, 0.29) is 12.2 Å². The van der Waals surface area contributed by atoms with Gasteiger partial charge in [0.25, 0.3) is 5.56 Å². The molecule has 4 aromatic rings. The van der Waals surface area contributed by atoms with E-state index in [1.165, 1.54) is 4.57 Å². The lowest BCUT2D eigenvalue weighted by atomic mass is 10.00. The minimum Gasteiger partial charge on any atom is -0.394 e. The van der Waals surface area contributed by atoms with Crippen molar-refractivity contribution in [3.8, 4) is 5.69 Å². The molecule has 0 spiro atoms. The highest BCUT2D eigenvalue weighted by atomic mass is 16.3. The molecule has 2 heterocycles. The van der Waals surface area contributed by atoms with E-state index in [0.29, 0.717) is 11.3 Å². The molecular formula is C26H27N5O2. The summed E-state index contributed by atoms with van der Waals surface area (Å²) in [5.74, 6) is 5.77. The smallest absolute Gasteiger partial charge is 0.260 e. The topological polar surface area (TPSA) is 98.4 Å². The van der Waals surface area contributed by atoms with Crippen LogP contribution in [-0.4, -0.2) is 31.5 Å². The second kappa shape index (κ2) is 9.26. The number of pyridine rings is 1. The molecule has 0 saturated heterocycles. The number of hydrazone groups is 1. The molecule has 0 aliphatic heterocycles. The predicted molar refractivity (Wildman–Crippen MR) is 130 cm³/mol. The largest absolute Gasteiger partial charge is 0.394 e. The van der Waals surface area contributed by atoms with Crippen molar-refractivity contribution < 1.29 is 5.11 Å². The van der Waals surface area contributed by atoms with Crippen molar-refractivity contribution in [3.05, 3.63) is 117 Å². The van der Waals surface area contributed by atoms with Crippen molar-refractivity contribution in [2.75, 3.05) is 6.61 Å². The Hall–Kier alpha value is -3.97. The van der Waals surface area contributed by atoms with Crippen molar-refractivity contribution in [2.45, 2.75) is 26.8 Å². The van der Waals surface area contributed by atoms with Gasteiger partial charge in [-0.15, -0.1) is 0 Å². The third-order valence-electron chi connectivity index (χ3n) is 5.79. The first kappa shape index (κ1) is 22.2. The van der Waals surface area contributed by atoms with Gasteiger partial charge in [0.1, 0.15) is 5.71 Å². The Labute approximate surface area is 192 Å². The normalized spacial score (nSPS) is 12.7. The Balaban J connectivity index is 1.75. The molecule has 0 bridgehead atoms. The molecule has 0 radical (unpaired) electrons. The summed E-state index contributed by atoms with van der Waals surface area (Å²) in [5.41, 5.74) is 6.11. The summed E-state index contributed by atoms with van der Waals surface area (Å²) >= 11 is 0. The maximum Gasteiger partial charge on any atom is 0.260 e. The first-order valence-electron chi connectivity index (χ1n) is 10.7. The van der Waals surface area contributed by atoms with E-state index in [9.17, 15) is 9.90 Å². The Morgan fingerprint density at radius 3 is 2.48 bits per heavy atom. The molecule has 0 fully saturated rings. The van der Waals surface area contributed by atoms with Crippen molar-refractivity contribution in [1.29, 1.82) is 0 Å². The van der Waals surface area contributed by atoms with Gasteiger partial charge in [-0.05, 0) is 56.2 Å². The highest BCUT2D eigenvalue weighted by Crippen LogP contribution is 2.20. The number of aryl methyl sites for hydroxylation is 3. The van der Waals surface area contributed by atoms with Crippen LogP contribution in [0.25, 0.3) is 5.69 Å². The van der Waals surface area contributed by atoms with Gasteiger partial charge in [0.2, 0.25) is 0 Å². The zero-order chi connectivity index (χ0) is 23.5. The molecule has 7 nitrogen and oxygen atoms in total. The van der Waals surface area contributed by atoms with E-state index >= 15 is 0 Å². The van der Waals surface area contributed by atoms with Gasteiger partial charge in [0.05, 0.1) is 30.2 Å². The molecular weight excluding hydrogens is 414 g/mol. The fourth-order valence-corrected chi connectivity index (χ4v) is 4.02. The number of aromatic nitrogens is 3. The number of nitrogens with two attached hydrogens (primary N) is 1. The second-order valence-corrected chi connectivity index (χ2v) is 8.14. The number of hydrogen-bond donors (Lipinski definition) is 2. The molecule has 0 saturated carbocycles. The summed E-state index contributed by atoms with van der Waals surface area (Å²) < 4.78 is 3.48. The van der Waals surface area contributed by atoms with E-state index in [1.807, 2.05) is 74.0 Å². The van der Waals surface area contributed by atoms with Gasteiger partial charge in [-0.1, -0.05) is 35.9 Å². The number of nitrogens with zero attached hydrogens (tertiary/aromatic N) is 4. The fraction of sp³-hybridized carbons (Fsp3) is 0.192. The van der Waals surface area contributed by atoms with Crippen LogP contribution < -0.4 is 11.4 Å². The summed E-state index contributed by atoms with van der Waals surface area (Å²) in [7, 11) is 0. The second-order valence-electron chi connectivity index (χ2n) is 8.14. The SMILES string of the molecule is Cc1ccc(C(CO)n2cccc(/C(=N/N)c3ccc(-n4cnc(C)c4)c(C)c3)c2=O)cc1. The van der Waals surface area contributed by atoms with Gasteiger partial charge in [-0.25, -0.2) is 4.98 Å². The molecule has 33 heavy (non-hydrogen) atoms. The van der Waals surface area contributed by atoms with Crippen molar-refractivity contribution in [2.24, 2.45) is 10.9 Å². The van der Waals surface area contributed by atoms with E-state index in [2.05, 4.69) is 10.1 Å². The first-order chi connectivity index (χ1) is 15.9. The molecule has 2 aromatic heterocycles. The third-order valence-corrected chi connectivity index (χ3v) is 5.79. The highest BCUT2D eigenvalue weighted by Gasteiger charge is 2.19. The van der Waals surface area contributed by atoms with Gasteiger partial charge >= 0.3 is 0 Å². The average molecular weight is 442 g/mol. The fourth-order valence-electron chi connectivity index (χ4n) is 4.02. The minimum atomic E-state index is -0.509. The first-order valence-corrected chi connectivity index (χ1v) is 10.7. The van der Waals surface area contributed by atoms with Gasteiger partial charge < -0.3 is 20.1 Å². The van der Waals surface area contributed by atoms with Crippen molar-refractivity contribution in [3.63, 3.8) is 0 Å². The van der Waals surface area contributed by atoms with Crippen LogP contribution in [0.5, 0.6) is 0 Å². The monoisotopic (exact) mass is 441 g/mol. The maximum atomic E-state index is 13.5. The number of imidazole rings is 1. The highest BCUT2D eigenvalue weighted by molar-refractivity contribution is 6.12. The maximum absolute atomic E-state index is 13.5. The molecule has 168 valence electrons. The van der Waals surface area contributed by atoms with E-state index < -0.39 is 6.04 Å². The minimum absolute atomic E-state index is 0.209. The lowest BCUT2D eigenvalue weighted by Gasteiger charge is -2.19. The molecule has 7 heteroatoms. The number of benzene rings is 2. The number of aliphatic hydroxyl groups is 1. The van der Waals surface area contributed by atoms with Crippen LogP contribution in [0, 0.1) is 20.8 Å². The summed E-state index contributed by atoms with van der Waals surface area (Å²) in [5, 5.41) is 14.1. The van der Waals surface area contributed by atoms with Crippen LogP contribution in [0.4, 0.5) is 0 Å². The van der Waals surface area contributed by atoms with E-state index in [4.69, 9.17) is 5.84 Å². The average Bonchev–Trinajstić information content (AvgIpc) is 3.24. The Morgan fingerprint density at radius 2 is 1.88 bits per heavy atom. The lowest BCUT2D eigenvalue weighted by molar-refractivity contribution is 0.247. The van der Waals surface area contributed by atoms with Gasteiger partial charge in [0, 0.05) is 23.6 Å². The molecule has 0 amide bonds. The summed E-state index contributed by atoms with van der Waals surface area (Å²) in [6.07, 6.45) is 5.40. The van der Waals surface area contributed by atoms with Crippen molar-refractivity contribution in [1.82, 2.24) is 14.1 Å². The molecule has 3 N–H and O–H groups in total. The predicted octanol–water partition coefficient (Wildman–Crippen LogP) is 3.25. The molecule has 2 aromatic carbocycles. The summed E-state index contributed by atoms with van der Waals surface area (Å²) in [4.78, 5) is 17.7. The van der Waals surface area contributed by atoms with Crippen LogP contribution in [0.2, 0.25) is 0 Å². The molecule has 0 aliphatic carbocycles. The summed E-state index contributed by atoms with van der Waals surface area (Å²) in [6, 6.07) is 16.6. The van der Waals surface area contributed by atoms with Crippen LogP contribution >= 0.6 is 0 Å². The van der Waals surface area contributed by atoms with Gasteiger partial charge in [-0.3, -0.25) is 4.79 Å². The third kappa shape index (κ3) is 4.36. The van der Waals surface area contributed by atoms with Crippen LogP contribution in [-0.2, 0) is 0 Å². The zero-order valence-corrected chi connectivity index (χ0v) is 18.9. The summed E-state index contributed by atoms with van der Waals surface area (Å²) in [6.45, 7) is 5.72. The lowest BCUT2D eigenvalue weighted by Crippen LogP contribution is -2.31. The van der Waals surface area contributed by atoms with Crippen LogP contribution in [0.1, 0.15) is 39.6 Å². The van der Waals surface area contributed by atoms with Gasteiger partial charge in [-0.2, -0.15) is 5.10 Å².